The molecule has 1 atom stereocenters. The number of carbonyl (C=O) groups excluding carboxylic acids is 1. The van der Waals surface area contributed by atoms with Crippen LogP contribution >= 0.6 is 0 Å². The van der Waals surface area contributed by atoms with Crippen LogP contribution in [0.15, 0.2) is 17.7 Å². The second-order valence-electron chi connectivity index (χ2n) is 6.95. The zero-order valence-electron chi connectivity index (χ0n) is 15.8. The fraction of sp³-hybridized carbons (Fsp3) is 0.421. The van der Waals surface area contributed by atoms with Crippen molar-refractivity contribution in [3.05, 3.63) is 28.8 Å². The molecular formula is C19H21F3O4Si. The second kappa shape index (κ2) is 7.68. The van der Waals surface area contributed by atoms with Crippen LogP contribution < -0.4 is 9.47 Å². The van der Waals surface area contributed by atoms with Crippen molar-refractivity contribution in [3.63, 3.8) is 0 Å². The average molecular weight is 398 g/mol. The van der Waals surface area contributed by atoms with E-state index in [9.17, 15) is 18.0 Å². The van der Waals surface area contributed by atoms with Gasteiger partial charge in [-0.05, 0) is 25.1 Å². The van der Waals surface area contributed by atoms with Gasteiger partial charge in [0.25, 0.3) is 0 Å². The van der Waals surface area contributed by atoms with Gasteiger partial charge in [0.1, 0.15) is 19.6 Å². The molecule has 1 aliphatic heterocycles. The van der Waals surface area contributed by atoms with Crippen LogP contribution in [-0.2, 0) is 9.53 Å². The fourth-order valence-electron chi connectivity index (χ4n) is 2.38. The minimum absolute atomic E-state index is 0.0167. The molecule has 1 unspecified atom stereocenters. The Morgan fingerprint density at radius 3 is 2.48 bits per heavy atom. The lowest BCUT2D eigenvalue weighted by Gasteiger charge is -2.28. The number of hydrogen-bond acceptors (Lipinski definition) is 4. The van der Waals surface area contributed by atoms with Gasteiger partial charge in [-0.25, -0.2) is 4.79 Å². The zero-order valence-corrected chi connectivity index (χ0v) is 16.8. The van der Waals surface area contributed by atoms with Gasteiger partial charge >= 0.3 is 12.1 Å². The number of benzene rings is 1. The zero-order chi connectivity index (χ0) is 20.4. The minimum Gasteiger partial charge on any atom is -0.497 e. The monoisotopic (exact) mass is 398 g/mol. The molecule has 0 aliphatic carbocycles. The minimum atomic E-state index is -4.78. The van der Waals surface area contributed by atoms with Crippen LogP contribution in [-0.4, -0.2) is 40.0 Å². The molecule has 4 nitrogen and oxygen atoms in total. The molecular weight excluding hydrogens is 377 g/mol. The first-order valence-electron chi connectivity index (χ1n) is 8.33. The van der Waals surface area contributed by atoms with Crippen LogP contribution in [0.3, 0.4) is 0 Å². The smallest absolute Gasteiger partial charge is 0.430 e. The SMILES string of the molecule is CCOC(=O)C1=Cc2cc(OC)cc(C#C[Si](C)(C)C)c2OC1C(F)(F)F. The Hall–Kier alpha value is -2.40. The first kappa shape index (κ1) is 20.9. The molecule has 146 valence electrons. The number of methoxy groups -OCH3 is 1. The maximum atomic E-state index is 13.5. The number of rotatable bonds is 3. The van der Waals surface area contributed by atoms with Crippen molar-refractivity contribution in [1.82, 2.24) is 0 Å². The molecule has 27 heavy (non-hydrogen) atoms. The molecule has 0 amide bonds. The molecule has 1 aromatic rings. The third kappa shape index (κ3) is 5.07. The van der Waals surface area contributed by atoms with Crippen molar-refractivity contribution in [2.24, 2.45) is 0 Å². The summed E-state index contributed by atoms with van der Waals surface area (Å²) in [6, 6.07) is 3.03. The number of carbonyl (C=O) groups is 1. The summed E-state index contributed by atoms with van der Waals surface area (Å²) in [5.41, 5.74) is 3.09. The highest BCUT2D eigenvalue weighted by Gasteiger charge is 2.49. The van der Waals surface area contributed by atoms with Gasteiger partial charge in [-0.15, -0.1) is 5.54 Å². The molecule has 2 rings (SSSR count). The highest BCUT2D eigenvalue weighted by molar-refractivity contribution is 6.83. The van der Waals surface area contributed by atoms with Gasteiger partial charge in [0, 0.05) is 5.56 Å². The van der Waals surface area contributed by atoms with E-state index >= 15 is 0 Å². The first-order chi connectivity index (χ1) is 12.5. The van der Waals surface area contributed by atoms with E-state index in [1.807, 2.05) is 19.6 Å². The number of esters is 1. The lowest BCUT2D eigenvalue weighted by Crippen LogP contribution is -2.41. The summed E-state index contributed by atoms with van der Waals surface area (Å²) in [5.74, 6) is 2.24. The molecule has 0 fully saturated rings. The summed E-state index contributed by atoms with van der Waals surface area (Å²) >= 11 is 0. The van der Waals surface area contributed by atoms with E-state index in [-0.39, 0.29) is 17.9 Å². The van der Waals surface area contributed by atoms with Crippen LogP contribution in [0, 0.1) is 11.5 Å². The molecule has 0 aromatic heterocycles. The molecule has 0 saturated carbocycles. The maximum absolute atomic E-state index is 13.5. The molecule has 0 bridgehead atoms. The maximum Gasteiger partial charge on any atom is 0.430 e. The lowest BCUT2D eigenvalue weighted by molar-refractivity contribution is -0.187. The third-order valence-electron chi connectivity index (χ3n) is 3.54. The molecule has 0 spiro atoms. The largest absolute Gasteiger partial charge is 0.497 e. The lowest BCUT2D eigenvalue weighted by atomic mass is 9.98. The second-order valence-corrected chi connectivity index (χ2v) is 11.7. The first-order valence-corrected chi connectivity index (χ1v) is 11.8. The molecule has 8 heteroatoms. The van der Waals surface area contributed by atoms with Gasteiger partial charge in [-0.1, -0.05) is 25.6 Å². The summed E-state index contributed by atoms with van der Waals surface area (Å²) in [4.78, 5) is 12.0. The van der Waals surface area contributed by atoms with E-state index in [0.717, 1.165) is 6.08 Å². The number of alkyl halides is 3. The Morgan fingerprint density at radius 2 is 1.96 bits per heavy atom. The van der Waals surface area contributed by atoms with E-state index in [1.165, 1.54) is 26.2 Å². The van der Waals surface area contributed by atoms with Crippen molar-refractivity contribution in [2.45, 2.75) is 38.8 Å². The number of ether oxygens (including phenoxy) is 3. The predicted molar refractivity (Wildman–Crippen MR) is 98.3 cm³/mol. The van der Waals surface area contributed by atoms with Crippen molar-refractivity contribution < 1.29 is 32.2 Å². The van der Waals surface area contributed by atoms with Crippen molar-refractivity contribution in [2.75, 3.05) is 13.7 Å². The Balaban J connectivity index is 2.67. The summed E-state index contributed by atoms with van der Waals surface area (Å²) in [6.07, 6.45) is -6.05. The van der Waals surface area contributed by atoms with Gasteiger partial charge in [0.2, 0.25) is 6.10 Å². The van der Waals surface area contributed by atoms with Gasteiger partial charge in [-0.2, -0.15) is 13.2 Å². The van der Waals surface area contributed by atoms with Crippen LogP contribution in [0.4, 0.5) is 13.2 Å². The van der Waals surface area contributed by atoms with Crippen LogP contribution in [0.5, 0.6) is 11.5 Å². The van der Waals surface area contributed by atoms with E-state index in [0.29, 0.717) is 11.3 Å². The number of halogens is 3. The van der Waals surface area contributed by atoms with E-state index in [1.54, 1.807) is 0 Å². The van der Waals surface area contributed by atoms with Crippen LogP contribution in [0.25, 0.3) is 6.08 Å². The molecule has 1 aromatic carbocycles. The molecule has 1 aliphatic rings. The Morgan fingerprint density at radius 1 is 1.30 bits per heavy atom. The van der Waals surface area contributed by atoms with E-state index in [4.69, 9.17) is 14.2 Å². The highest BCUT2D eigenvalue weighted by atomic mass is 28.3. The van der Waals surface area contributed by atoms with Gasteiger partial charge in [-0.3, -0.25) is 0 Å². The summed E-state index contributed by atoms with van der Waals surface area (Å²) in [7, 11) is -0.338. The van der Waals surface area contributed by atoms with E-state index in [2.05, 4.69) is 11.5 Å². The predicted octanol–water partition coefficient (Wildman–Crippen LogP) is 4.19. The summed E-state index contributed by atoms with van der Waals surface area (Å²) in [6.45, 7) is 7.53. The average Bonchev–Trinajstić information content (AvgIpc) is 2.56. The Labute approximate surface area is 157 Å². The highest BCUT2D eigenvalue weighted by Crippen LogP contribution is 2.41. The quantitative estimate of drug-likeness (QED) is 0.435. The van der Waals surface area contributed by atoms with Gasteiger partial charge in [0.05, 0.1) is 24.9 Å². The van der Waals surface area contributed by atoms with Gasteiger partial charge < -0.3 is 14.2 Å². The van der Waals surface area contributed by atoms with Crippen molar-refractivity contribution in [1.29, 1.82) is 0 Å². The standard InChI is InChI=1S/C19H21F3O4Si/c1-6-25-18(23)15-11-13-10-14(24-2)9-12(7-8-27(3,4)5)16(13)26-17(15)19(20,21)22/h9-11,17H,6H2,1-5H3. The Kier molecular flexibility index (Phi) is 5.95. The Bertz CT molecular complexity index is 826. The summed E-state index contributed by atoms with van der Waals surface area (Å²) in [5, 5.41) is 0. The number of fused-ring (bicyclic) bond motifs is 1. The van der Waals surface area contributed by atoms with Crippen LogP contribution in [0.2, 0.25) is 19.6 Å². The van der Waals surface area contributed by atoms with Crippen molar-refractivity contribution >= 4 is 20.1 Å². The van der Waals surface area contributed by atoms with E-state index < -0.39 is 31.9 Å². The molecule has 0 N–H and O–H groups in total. The third-order valence-corrected chi connectivity index (χ3v) is 4.41. The van der Waals surface area contributed by atoms with Gasteiger partial charge in [0.15, 0.2) is 0 Å². The number of hydrogen-bond donors (Lipinski definition) is 0. The molecule has 0 radical (unpaired) electrons. The summed E-state index contributed by atoms with van der Waals surface area (Å²) < 4.78 is 55.7. The fourth-order valence-corrected chi connectivity index (χ4v) is 2.89. The molecule has 1 heterocycles. The normalized spacial score (nSPS) is 16.3. The van der Waals surface area contributed by atoms with Crippen molar-refractivity contribution in [3.8, 4) is 23.0 Å². The topological polar surface area (TPSA) is 44.8 Å². The van der Waals surface area contributed by atoms with Crippen LogP contribution in [0.1, 0.15) is 18.1 Å². The molecule has 0 saturated heterocycles.